The predicted octanol–water partition coefficient (Wildman–Crippen LogP) is 2.12. The van der Waals surface area contributed by atoms with E-state index in [1.165, 1.54) is 45.3 Å². The maximum Gasteiger partial charge on any atom is 0.0521 e. The maximum atomic E-state index is 5.68. The van der Waals surface area contributed by atoms with Crippen molar-refractivity contribution in [2.75, 3.05) is 39.4 Å². The van der Waals surface area contributed by atoms with Crippen LogP contribution >= 0.6 is 0 Å². The number of hydrogen-bond acceptors (Lipinski definition) is 3. The molecule has 2 saturated heterocycles. The molecule has 2 unspecified atom stereocenters. The Labute approximate surface area is 112 Å². The van der Waals surface area contributed by atoms with Crippen LogP contribution < -0.4 is 5.32 Å². The third-order valence-electron chi connectivity index (χ3n) is 4.72. The molecule has 0 saturated carbocycles. The molecule has 2 aliphatic rings. The van der Waals surface area contributed by atoms with Crippen LogP contribution in [-0.2, 0) is 4.74 Å². The van der Waals surface area contributed by atoms with Crippen LogP contribution in [0.15, 0.2) is 0 Å². The second-order valence-corrected chi connectivity index (χ2v) is 5.94. The predicted molar refractivity (Wildman–Crippen MR) is 75.8 cm³/mol. The monoisotopic (exact) mass is 254 g/mol. The summed E-state index contributed by atoms with van der Waals surface area (Å²) in [5, 5.41) is 3.64. The summed E-state index contributed by atoms with van der Waals surface area (Å²) in [7, 11) is 0. The van der Waals surface area contributed by atoms with Crippen molar-refractivity contribution < 1.29 is 4.74 Å². The average Bonchev–Trinajstić information content (AvgIpc) is 2.42. The SMILES string of the molecule is CCNC1CCOCC1CN1CCC(CC)CC1. The van der Waals surface area contributed by atoms with Crippen molar-refractivity contribution in [1.29, 1.82) is 0 Å². The topological polar surface area (TPSA) is 24.5 Å². The van der Waals surface area contributed by atoms with E-state index in [1.54, 1.807) is 0 Å². The van der Waals surface area contributed by atoms with Crippen LogP contribution in [0, 0.1) is 11.8 Å². The Morgan fingerprint density at radius 3 is 2.61 bits per heavy atom. The van der Waals surface area contributed by atoms with Crippen LogP contribution in [0.25, 0.3) is 0 Å². The first-order chi connectivity index (χ1) is 8.83. The van der Waals surface area contributed by atoms with Gasteiger partial charge in [0.1, 0.15) is 0 Å². The van der Waals surface area contributed by atoms with Crippen molar-refractivity contribution in [3.63, 3.8) is 0 Å². The number of nitrogens with one attached hydrogen (secondary N) is 1. The summed E-state index contributed by atoms with van der Waals surface area (Å²) in [6.45, 7) is 11.3. The van der Waals surface area contributed by atoms with Crippen LogP contribution in [-0.4, -0.2) is 50.3 Å². The molecule has 3 heteroatoms. The summed E-state index contributed by atoms with van der Waals surface area (Å²) in [6, 6.07) is 0.674. The summed E-state index contributed by atoms with van der Waals surface area (Å²) < 4.78 is 5.68. The van der Waals surface area contributed by atoms with Gasteiger partial charge in [-0.2, -0.15) is 0 Å². The third-order valence-corrected chi connectivity index (χ3v) is 4.72. The molecule has 1 N–H and O–H groups in total. The van der Waals surface area contributed by atoms with Gasteiger partial charge in [-0.05, 0) is 44.8 Å². The lowest BCUT2D eigenvalue weighted by Crippen LogP contribution is -2.49. The van der Waals surface area contributed by atoms with Crippen molar-refractivity contribution in [2.24, 2.45) is 11.8 Å². The highest BCUT2D eigenvalue weighted by molar-refractivity contribution is 4.83. The number of piperidine rings is 1. The number of nitrogens with zero attached hydrogens (tertiary/aromatic N) is 1. The summed E-state index contributed by atoms with van der Waals surface area (Å²) >= 11 is 0. The van der Waals surface area contributed by atoms with Crippen LogP contribution in [0.2, 0.25) is 0 Å². The number of rotatable bonds is 5. The molecule has 0 amide bonds. The number of hydrogen-bond donors (Lipinski definition) is 1. The number of ether oxygens (including phenoxy) is 1. The molecule has 2 heterocycles. The Bertz CT molecular complexity index is 225. The average molecular weight is 254 g/mol. The van der Waals surface area contributed by atoms with E-state index in [9.17, 15) is 0 Å². The molecule has 2 atom stereocenters. The molecule has 0 aromatic heterocycles. The molecule has 2 fully saturated rings. The van der Waals surface area contributed by atoms with Gasteiger partial charge in [0.15, 0.2) is 0 Å². The van der Waals surface area contributed by atoms with Gasteiger partial charge in [-0.1, -0.05) is 20.3 Å². The molecule has 0 aliphatic carbocycles. The largest absolute Gasteiger partial charge is 0.381 e. The van der Waals surface area contributed by atoms with Gasteiger partial charge >= 0.3 is 0 Å². The second kappa shape index (κ2) is 7.46. The minimum absolute atomic E-state index is 0.674. The van der Waals surface area contributed by atoms with E-state index in [2.05, 4.69) is 24.1 Å². The van der Waals surface area contributed by atoms with E-state index in [0.29, 0.717) is 12.0 Å². The lowest BCUT2D eigenvalue weighted by molar-refractivity contribution is 0.0120. The van der Waals surface area contributed by atoms with Gasteiger partial charge in [-0.15, -0.1) is 0 Å². The fraction of sp³-hybridized carbons (Fsp3) is 1.00. The number of likely N-dealkylation sites (tertiary alicyclic amines) is 1. The van der Waals surface area contributed by atoms with E-state index in [1.807, 2.05) is 0 Å². The first-order valence-electron chi connectivity index (χ1n) is 7.87. The van der Waals surface area contributed by atoms with Crippen molar-refractivity contribution in [1.82, 2.24) is 10.2 Å². The van der Waals surface area contributed by atoms with Crippen LogP contribution in [0.4, 0.5) is 0 Å². The maximum absolute atomic E-state index is 5.68. The van der Waals surface area contributed by atoms with Gasteiger partial charge in [-0.25, -0.2) is 0 Å². The highest BCUT2D eigenvalue weighted by Gasteiger charge is 2.28. The van der Waals surface area contributed by atoms with Crippen molar-refractivity contribution >= 4 is 0 Å². The van der Waals surface area contributed by atoms with Gasteiger partial charge in [0.05, 0.1) is 6.61 Å². The zero-order valence-electron chi connectivity index (χ0n) is 12.2. The third kappa shape index (κ3) is 3.94. The molecule has 0 radical (unpaired) electrons. The molecule has 0 aromatic carbocycles. The molecule has 0 bridgehead atoms. The minimum atomic E-state index is 0.674. The van der Waals surface area contributed by atoms with Crippen molar-refractivity contribution in [3.8, 4) is 0 Å². The fourth-order valence-electron chi connectivity index (χ4n) is 3.42. The zero-order chi connectivity index (χ0) is 12.8. The van der Waals surface area contributed by atoms with Gasteiger partial charge in [0, 0.05) is 25.1 Å². The molecule has 2 aliphatic heterocycles. The molecular formula is C15H30N2O. The molecule has 106 valence electrons. The van der Waals surface area contributed by atoms with E-state index >= 15 is 0 Å². The summed E-state index contributed by atoms with van der Waals surface area (Å²) in [5.41, 5.74) is 0. The quantitative estimate of drug-likeness (QED) is 0.813. The molecule has 2 rings (SSSR count). The van der Waals surface area contributed by atoms with Gasteiger partial charge in [0.2, 0.25) is 0 Å². The van der Waals surface area contributed by atoms with Crippen LogP contribution in [0.5, 0.6) is 0 Å². The standard InChI is InChI=1S/C15H30N2O/c1-3-13-5-8-17(9-6-13)11-14-12-18-10-7-15(14)16-4-2/h13-16H,3-12H2,1-2H3. The molecule has 18 heavy (non-hydrogen) atoms. The Hall–Kier alpha value is -0.120. The highest BCUT2D eigenvalue weighted by Crippen LogP contribution is 2.23. The molecule has 3 nitrogen and oxygen atoms in total. The van der Waals surface area contributed by atoms with Crippen molar-refractivity contribution in [2.45, 2.75) is 45.6 Å². The Balaban J connectivity index is 1.77. The molecular weight excluding hydrogens is 224 g/mol. The lowest BCUT2D eigenvalue weighted by atomic mass is 9.91. The smallest absolute Gasteiger partial charge is 0.0521 e. The lowest BCUT2D eigenvalue weighted by Gasteiger charge is -2.38. The zero-order valence-corrected chi connectivity index (χ0v) is 12.2. The second-order valence-electron chi connectivity index (χ2n) is 5.94. The van der Waals surface area contributed by atoms with E-state index in [-0.39, 0.29) is 0 Å². The Morgan fingerprint density at radius 1 is 1.17 bits per heavy atom. The summed E-state index contributed by atoms with van der Waals surface area (Å²) in [6.07, 6.45) is 5.34. The minimum Gasteiger partial charge on any atom is -0.381 e. The van der Waals surface area contributed by atoms with Gasteiger partial charge < -0.3 is 15.0 Å². The van der Waals surface area contributed by atoms with E-state index < -0.39 is 0 Å². The van der Waals surface area contributed by atoms with Crippen molar-refractivity contribution in [3.05, 3.63) is 0 Å². The Morgan fingerprint density at radius 2 is 1.94 bits per heavy atom. The summed E-state index contributed by atoms with van der Waals surface area (Å²) in [4.78, 5) is 2.66. The molecule has 0 aromatic rings. The first-order valence-corrected chi connectivity index (χ1v) is 7.87. The van der Waals surface area contributed by atoms with E-state index in [0.717, 1.165) is 25.7 Å². The van der Waals surface area contributed by atoms with E-state index in [4.69, 9.17) is 4.74 Å². The normalized spacial score (nSPS) is 31.7. The first kappa shape index (κ1) is 14.3. The van der Waals surface area contributed by atoms with Crippen LogP contribution in [0.3, 0.4) is 0 Å². The molecule has 0 spiro atoms. The summed E-state index contributed by atoms with van der Waals surface area (Å²) in [5.74, 6) is 1.67. The van der Waals surface area contributed by atoms with Crippen LogP contribution in [0.1, 0.15) is 39.5 Å². The highest BCUT2D eigenvalue weighted by atomic mass is 16.5. The van der Waals surface area contributed by atoms with Gasteiger partial charge in [0.25, 0.3) is 0 Å². The van der Waals surface area contributed by atoms with Gasteiger partial charge in [-0.3, -0.25) is 0 Å². The fourth-order valence-corrected chi connectivity index (χ4v) is 3.42. The Kier molecular flexibility index (Phi) is 5.93.